The quantitative estimate of drug-likeness (QED) is 0.607. The molecule has 1 heterocycles. The van der Waals surface area contributed by atoms with E-state index in [4.69, 9.17) is 4.98 Å². The first-order valence-corrected chi connectivity index (χ1v) is 10.2. The molecule has 0 radical (unpaired) electrons. The summed E-state index contributed by atoms with van der Waals surface area (Å²) < 4.78 is 0. The smallest absolute Gasteiger partial charge is 0.138 e. The first-order chi connectivity index (χ1) is 12.7. The topological polar surface area (TPSA) is 28.7 Å². The van der Waals surface area contributed by atoms with Crippen LogP contribution in [0.3, 0.4) is 0 Å². The molecule has 3 aromatic rings. The Balaban J connectivity index is 1.47. The fourth-order valence-corrected chi connectivity index (χ4v) is 6.79. The molecule has 0 amide bonds. The van der Waals surface area contributed by atoms with Gasteiger partial charge in [0, 0.05) is 5.56 Å². The molecule has 4 bridgehead atoms. The Morgan fingerprint density at radius 3 is 2.23 bits per heavy atom. The molecule has 4 aliphatic rings. The Kier molecular flexibility index (Phi) is 3.01. The fourth-order valence-electron chi connectivity index (χ4n) is 6.79. The highest BCUT2D eigenvalue weighted by molar-refractivity contribution is 5.83. The lowest BCUT2D eigenvalue weighted by Crippen LogP contribution is -2.48. The first kappa shape index (κ1) is 15.0. The SMILES string of the molecule is Cc1cc(C23CC4CC(CC(C4)C2)C3)cc2[nH]c(-c3ccccc3)nc12. The van der Waals surface area contributed by atoms with Crippen LogP contribution in [-0.4, -0.2) is 9.97 Å². The monoisotopic (exact) mass is 342 g/mol. The zero-order valence-corrected chi connectivity index (χ0v) is 15.5. The number of hydrogen-bond donors (Lipinski definition) is 1. The van der Waals surface area contributed by atoms with Gasteiger partial charge in [-0.05, 0) is 85.8 Å². The summed E-state index contributed by atoms with van der Waals surface area (Å²) in [6.07, 6.45) is 8.77. The third-order valence-electron chi connectivity index (χ3n) is 7.48. The number of imidazole rings is 1. The predicted octanol–water partition coefficient (Wildman–Crippen LogP) is 6.01. The Morgan fingerprint density at radius 2 is 1.58 bits per heavy atom. The van der Waals surface area contributed by atoms with E-state index in [1.165, 1.54) is 55.2 Å². The molecule has 4 fully saturated rings. The standard InChI is InChI=1S/C24H26N2/c1-15-7-20(24-12-16-8-17(13-24)10-18(9-16)14-24)11-21-22(15)26-23(25-21)19-5-3-2-4-6-19/h2-7,11,16-18H,8-10,12-14H2,1H3,(H,25,26). The minimum absolute atomic E-state index is 0.450. The highest BCUT2D eigenvalue weighted by Crippen LogP contribution is 2.60. The molecule has 0 spiro atoms. The summed E-state index contributed by atoms with van der Waals surface area (Å²) in [5, 5.41) is 0. The van der Waals surface area contributed by atoms with Crippen molar-refractivity contribution in [3.05, 3.63) is 53.6 Å². The van der Waals surface area contributed by atoms with Gasteiger partial charge >= 0.3 is 0 Å². The van der Waals surface area contributed by atoms with Crippen molar-refractivity contribution in [2.45, 2.75) is 50.9 Å². The summed E-state index contributed by atoms with van der Waals surface area (Å²) >= 11 is 0. The van der Waals surface area contributed by atoms with E-state index in [0.717, 1.165) is 29.1 Å². The minimum Gasteiger partial charge on any atom is -0.338 e. The van der Waals surface area contributed by atoms with Gasteiger partial charge in [-0.1, -0.05) is 36.4 Å². The summed E-state index contributed by atoms with van der Waals surface area (Å²) in [4.78, 5) is 8.53. The summed E-state index contributed by atoms with van der Waals surface area (Å²) in [7, 11) is 0. The number of H-pyrrole nitrogens is 1. The van der Waals surface area contributed by atoms with Crippen molar-refractivity contribution < 1.29 is 0 Å². The second-order valence-electron chi connectivity index (χ2n) is 9.34. The number of fused-ring (bicyclic) bond motifs is 1. The van der Waals surface area contributed by atoms with E-state index in [0.29, 0.717) is 5.41 Å². The fraction of sp³-hybridized carbons (Fsp3) is 0.458. The van der Waals surface area contributed by atoms with Crippen molar-refractivity contribution in [3.8, 4) is 11.4 Å². The molecule has 7 rings (SSSR count). The van der Waals surface area contributed by atoms with Gasteiger partial charge in [0.25, 0.3) is 0 Å². The number of aromatic amines is 1. The maximum absolute atomic E-state index is 4.91. The molecular formula is C24H26N2. The number of nitrogens with one attached hydrogen (secondary N) is 1. The van der Waals surface area contributed by atoms with E-state index in [9.17, 15) is 0 Å². The minimum atomic E-state index is 0.450. The highest BCUT2D eigenvalue weighted by Gasteiger charge is 2.51. The molecular weight excluding hydrogens is 316 g/mol. The molecule has 0 aliphatic heterocycles. The highest BCUT2D eigenvalue weighted by atomic mass is 14.9. The van der Waals surface area contributed by atoms with Crippen LogP contribution >= 0.6 is 0 Å². The molecule has 1 N–H and O–H groups in total. The van der Waals surface area contributed by atoms with Crippen molar-refractivity contribution in [3.63, 3.8) is 0 Å². The van der Waals surface area contributed by atoms with E-state index in [-0.39, 0.29) is 0 Å². The van der Waals surface area contributed by atoms with Crippen molar-refractivity contribution >= 4 is 11.0 Å². The van der Waals surface area contributed by atoms with E-state index in [1.807, 2.05) is 0 Å². The Morgan fingerprint density at radius 1 is 0.923 bits per heavy atom. The molecule has 0 unspecified atom stereocenters. The van der Waals surface area contributed by atoms with Crippen molar-refractivity contribution in [2.75, 3.05) is 0 Å². The number of aromatic nitrogens is 2. The van der Waals surface area contributed by atoms with Gasteiger partial charge in [0.2, 0.25) is 0 Å². The summed E-state index contributed by atoms with van der Waals surface area (Å²) in [5.41, 5.74) is 6.88. The second-order valence-corrected chi connectivity index (χ2v) is 9.34. The zero-order valence-electron chi connectivity index (χ0n) is 15.5. The number of nitrogens with zero attached hydrogens (tertiary/aromatic N) is 1. The zero-order chi connectivity index (χ0) is 17.3. The Labute approximate surface area is 155 Å². The summed E-state index contributed by atoms with van der Waals surface area (Å²) in [6, 6.07) is 15.4. The van der Waals surface area contributed by atoms with Gasteiger partial charge in [-0.3, -0.25) is 0 Å². The summed E-state index contributed by atoms with van der Waals surface area (Å²) in [5.74, 6) is 3.95. The van der Waals surface area contributed by atoms with Gasteiger partial charge in [0.15, 0.2) is 0 Å². The maximum Gasteiger partial charge on any atom is 0.138 e. The van der Waals surface area contributed by atoms with Crippen LogP contribution in [0, 0.1) is 24.7 Å². The lowest BCUT2D eigenvalue weighted by molar-refractivity contribution is -0.00515. The van der Waals surface area contributed by atoms with Crippen molar-refractivity contribution in [2.24, 2.45) is 17.8 Å². The first-order valence-electron chi connectivity index (χ1n) is 10.2. The van der Waals surface area contributed by atoms with E-state index in [1.54, 1.807) is 5.56 Å². The van der Waals surface area contributed by atoms with Crippen LogP contribution in [0.5, 0.6) is 0 Å². The normalized spacial score (nSPS) is 32.4. The summed E-state index contributed by atoms with van der Waals surface area (Å²) in [6.45, 7) is 2.24. The molecule has 2 nitrogen and oxygen atoms in total. The van der Waals surface area contributed by atoms with Crippen LogP contribution in [0.2, 0.25) is 0 Å². The molecule has 1 aromatic heterocycles. The van der Waals surface area contributed by atoms with Crippen LogP contribution in [0.1, 0.15) is 49.7 Å². The second kappa shape index (κ2) is 5.22. The van der Waals surface area contributed by atoms with Gasteiger partial charge in [0.05, 0.1) is 11.0 Å². The molecule has 26 heavy (non-hydrogen) atoms. The average Bonchev–Trinajstić information content (AvgIpc) is 3.06. The molecule has 4 saturated carbocycles. The van der Waals surface area contributed by atoms with Gasteiger partial charge < -0.3 is 4.98 Å². The van der Waals surface area contributed by atoms with Crippen LogP contribution in [-0.2, 0) is 5.41 Å². The number of aryl methyl sites for hydroxylation is 1. The number of hydrogen-bond acceptors (Lipinski definition) is 1. The van der Waals surface area contributed by atoms with Crippen LogP contribution in [0.4, 0.5) is 0 Å². The Bertz CT molecular complexity index is 947. The third-order valence-corrected chi connectivity index (χ3v) is 7.48. The van der Waals surface area contributed by atoms with E-state index < -0.39 is 0 Å². The average molecular weight is 342 g/mol. The van der Waals surface area contributed by atoms with E-state index >= 15 is 0 Å². The predicted molar refractivity (Wildman–Crippen MR) is 106 cm³/mol. The molecule has 0 saturated heterocycles. The number of rotatable bonds is 2. The molecule has 0 atom stereocenters. The largest absolute Gasteiger partial charge is 0.338 e. The Hall–Kier alpha value is -2.09. The van der Waals surface area contributed by atoms with Gasteiger partial charge in [-0.2, -0.15) is 0 Å². The van der Waals surface area contributed by atoms with Crippen LogP contribution in [0.25, 0.3) is 22.4 Å². The molecule has 2 heteroatoms. The molecule has 2 aromatic carbocycles. The third kappa shape index (κ3) is 2.14. The van der Waals surface area contributed by atoms with Gasteiger partial charge in [-0.15, -0.1) is 0 Å². The lowest BCUT2D eigenvalue weighted by atomic mass is 9.48. The molecule has 132 valence electrons. The van der Waals surface area contributed by atoms with Gasteiger partial charge in [0.1, 0.15) is 5.82 Å². The lowest BCUT2D eigenvalue weighted by Gasteiger charge is -2.57. The van der Waals surface area contributed by atoms with Crippen LogP contribution in [0.15, 0.2) is 42.5 Å². The molecule has 4 aliphatic carbocycles. The van der Waals surface area contributed by atoms with Crippen LogP contribution < -0.4 is 0 Å². The maximum atomic E-state index is 4.91. The van der Waals surface area contributed by atoms with E-state index in [2.05, 4.69) is 54.4 Å². The van der Waals surface area contributed by atoms with Crippen molar-refractivity contribution in [1.82, 2.24) is 9.97 Å². The van der Waals surface area contributed by atoms with Crippen molar-refractivity contribution in [1.29, 1.82) is 0 Å². The number of benzene rings is 2. The van der Waals surface area contributed by atoms with Gasteiger partial charge in [-0.25, -0.2) is 4.98 Å².